The standard InChI is InChI=1S/C17H20N6O4S/c24-15-6-13(8-22(15)14-3-5-28(26,27)9-14)17(25)20-7-12-2-1-4-19-16(12)23-11-18-10-21-23/h1-2,4,10-11,13-14H,3,5-9H2,(H,20,25)/t13-,14-/m0/s1. The second-order valence-corrected chi connectivity index (χ2v) is 9.28. The summed E-state index contributed by atoms with van der Waals surface area (Å²) in [7, 11) is -3.08. The molecule has 0 unspecified atom stereocenters. The topological polar surface area (TPSA) is 127 Å². The third-order valence-electron chi connectivity index (χ3n) is 5.13. The minimum atomic E-state index is -3.08. The molecule has 0 spiro atoms. The molecule has 0 aliphatic carbocycles. The molecule has 0 radical (unpaired) electrons. The maximum absolute atomic E-state index is 12.6. The van der Waals surface area contributed by atoms with Gasteiger partial charge in [0.25, 0.3) is 0 Å². The molecule has 11 heteroatoms. The first-order valence-corrected chi connectivity index (χ1v) is 10.8. The van der Waals surface area contributed by atoms with Crippen LogP contribution in [0.1, 0.15) is 18.4 Å². The van der Waals surface area contributed by atoms with Crippen molar-refractivity contribution in [2.45, 2.75) is 25.4 Å². The van der Waals surface area contributed by atoms with Crippen molar-refractivity contribution < 1.29 is 18.0 Å². The zero-order valence-electron chi connectivity index (χ0n) is 15.1. The van der Waals surface area contributed by atoms with Gasteiger partial charge < -0.3 is 10.2 Å². The van der Waals surface area contributed by atoms with E-state index in [1.165, 1.54) is 17.3 Å². The monoisotopic (exact) mass is 404 g/mol. The average Bonchev–Trinajstić information content (AvgIpc) is 3.40. The Balaban J connectivity index is 1.39. The Morgan fingerprint density at radius 2 is 2.21 bits per heavy atom. The van der Waals surface area contributed by atoms with E-state index >= 15 is 0 Å². The number of hydrogen-bond acceptors (Lipinski definition) is 7. The van der Waals surface area contributed by atoms with Gasteiger partial charge in [0.15, 0.2) is 15.7 Å². The van der Waals surface area contributed by atoms with Crippen LogP contribution in [0, 0.1) is 5.92 Å². The number of pyridine rings is 1. The summed E-state index contributed by atoms with van der Waals surface area (Å²) in [6.07, 6.45) is 5.10. The van der Waals surface area contributed by atoms with Gasteiger partial charge in [0, 0.05) is 37.3 Å². The molecule has 2 saturated heterocycles. The lowest BCUT2D eigenvalue weighted by Crippen LogP contribution is -2.39. The Morgan fingerprint density at radius 1 is 1.36 bits per heavy atom. The molecule has 0 aromatic carbocycles. The van der Waals surface area contributed by atoms with Crippen LogP contribution in [0.15, 0.2) is 31.0 Å². The molecular weight excluding hydrogens is 384 g/mol. The van der Waals surface area contributed by atoms with E-state index in [1.807, 2.05) is 6.07 Å². The molecule has 1 N–H and O–H groups in total. The molecule has 2 atom stereocenters. The molecule has 0 saturated carbocycles. The first-order chi connectivity index (χ1) is 13.4. The fourth-order valence-corrected chi connectivity index (χ4v) is 5.43. The molecule has 2 amide bonds. The largest absolute Gasteiger partial charge is 0.352 e. The maximum Gasteiger partial charge on any atom is 0.225 e. The van der Waals surface area contributed by atoms with Crippen LogP contribution in [0.4, 0.5) is 0 Å². The van der Waals surface area contributed by atoms with Gasteiger partial charge in [-0.3, -0.25) is 9.59 Å². The van der Waals surface area contributed by atoms with E-state index in [0.717, 1.165) is 5.56 Å². The van der Waals surface area contributed by atoms with E-state index in [2.05, 4.69) is 20.4 Å². The van der Waals surface area contributed by atoms with Crippen LogP contribution in [0.2, 0.25) is 0 Å². The molecule has 2 aliphatic heterocycles. The third kappa shape index (κ3) is 3.75. The molecule has 28 heavy (non-hydrogen) atoms. The highest BCUT2D eigenvalue weighted by Gasteiger charge is 2.41. The number of carbonyl (C=O) groups excluding carboxylic acids is 2. The first kappa shape index (κ1) is 18.5. The summed E-state index contributed by atoms with van der Waals surface area (Å²) in [5, 5.41) is 6.91. The van der Waals surface area contributed by atoms with Gasteiger partial charge in [-0.15, -0.1) is 0 Å². The minimum absolute atomic E-state index is 0.00989. The smallest absolute Gasteiger partial charge is 0.225 e. The highest BCUT2D eigenvalue weighted by molar-refractivity contribution is 7.91. The van der Waals surface area contributed by atoms with Crippen LogP contribution >= 0.6 is 0 Å². The van der Waals surface area contributed by atoms with Crippen LogP contribution in [0.3, 0.4) is 0 Å². The molecule has 10 nitrogen and oxygen atoms in total. The first-order valence-electron chi connectivity index (χ1n) is 8.99. The van der Waals surface area contributed by atoms with E-state index in [4.69, 9.17) is 0 Å². The van der Waals surface area contributed by atoms with Crippen molar-refractivity contribution in [1.82, 2.24) is 30.0 Å². The highest BCUT2D eigenvalue weighted by Crippen LogP contribution is 2.26. The Labute approximate surface area is 161 Å². The number of rotatable bonds is 5. The van der Waals surface area contributed by atoms with Gasteiger partial charge in [-0.2, -0.15) is 5.10 Å². The SMILES string of the molecule is O=C(NCc1cccnc1-n1cncn1)[C@H]1CC(=O)N([C@H]2CCS(=O)(=O)C2)C1. The summed E-state index contributed by atoms with van der Waals surface area (Å²) in [6, 6.07) is 3.29. The predicted octanol–water partition coefficient (Wildman–Crippen LogP) is -0.686. The van der Waals surface area contributed by atoms with Gasteiger partial charge in [-0.25, -0.2) is 23.1 Å². The van der Waals surface area contributed by atoms with Crippen LogP contribution in [-0.4, -0.2) is 69.0 Å². The Morgan fingerprint density at radius 3 is 2.93 bits per heavy atom. The Bertz CT molecular complexity index is 991. The number of carbonyl (C=O) groups is 2. The van der Waals surface area contributed by atoms with Crippen LogP contribution in [-0.2, 0) is 26.0 Å². The average molecular weight is 404 g/mol. The second kappa shape index (κ2) is 7.30. The summed E-state index contributed by atoms with van der Waals surface area (Å²) in [5.41, 5.74) is 0.768. The van der Waals surface area contributed by atoms with Crippen LogP contribution in [0.25, 0.3) is 5.82 Å². The van der Waals surface area contributed by atoms with E-state index in [-0.39, 0.29) is 48.9 Å². The van der Waals surface area contributed by atoms with Crippen molar-refractivity contribution in [2.75, 3.05) is 18.1 Å². The second-order valence-electron chi connectivity index (χ2n) is 7.05. The van der Waals surface area contributed by atoms with Crippen LogP contribution < -0.4 is 5.32 Å². The van der Waals surface area contributed by atoms with Gasteiger partial charge in [0.1, 0.15) is 12.7 Å². The fourth-order valence-electron chi connectivity index (χ4n) is 3.70. The molecule has 0 bridgehead atoms. The van der Waals surface area contributed by atoms with Gasteiger partial charge >= 0.3 is 0 Å². The molecule has 148 valence electrons. The zero-order valence-corrected chi connectivity index (χ0v) is 15.9. The summed E-state index contributed by atoms with van der Waals surface area (Å²) in [6.45, 7) is 0.498. The predicted molar refractivity (Wildman–Crippen MR) is 97.9 cm³/mol. The Kier molecular flexibility index (Phi) is 4.84. The number of aromatic nitrogens is 4. The number of likely N-dealkylation sites (tertiary alicyclic amines) is 1. The number of nitrogens with zero attached hydrogens (tertiary/aromatic N) is 5. The van der Waals surface area contributed by atoms with E-state index in [9.17, 15) is 18.0 Å². The van der Waals surface area contributed by atoms with Gasteiger partial charge in [0.2, 0.25) is 11.8 Å². The molecule has 2 fully saturated rings. The summed E-state index contributed by atoms with van der Waals surface area (Å²) < 4.78 is 24.9. The van der Waals surface area contributed by atoms with Crippen LogP contribution in [0.5, 0.6) is 0 Å². The summed E-state index contributed by atoms with van der Waals surface area (Å²) >= 11 is 0. The summed E-state index contributed by atoms with van der Waals surface area (Å²) in [5.74, 6) is -0.214. The number of amides is 2. The van der Waals surface area contributed by atoms with Crippen molar-refractivity contribution in [2.24, 2.45) is 5.92 Å². The third-order valence-corrected chi connectivity index (χ3v) is 6.89. The maximum atomic E-state index is 12.6. The van der Waals surface area contributed by atoms with Crippen molar-refractivity contribution in [3.05, 3.63) is 36.5 Å². The number of nitrogens with one attached hydrogen (secondary N) is 1. The Hall–Kier alpha value is -2.82. The fraction of sp³-hybridized carbons (Fsp3) is 0.471. The molecular formula is C17H20N6O4S. The lowest BCUT2D eigenvalue weighted by Gasteiger charge is -2.23. The van der Waals surface area contributed by atoms with E-state index in [0.29, 0.717) is 12.2 Å². The van der Waals surface area contributed by atoms with E-state index in [1.54, 1.807) is 17.2 Å². The lowest BCUT2D eigenvalue weighted by atomic mass is 10.1. The molecule has 2 aromatic heterocycles. The highest BCUT2D eigenvalue weighted by atomic mass is 32.2. The van der Waals surface area contributed by atoms with Gasteiger partial charge in [-0.05, 0) is 12.5 Å². The normalized spacial score (nSPS) is 23.9. The lowest BCUT2D eigenvalue weighted by molar-refractivity contribution is -0.130. The molecule has 2 aromatic rings. The quantitative estimate of drug-likeness (QED) is 0.699. The number of hydrogen-bond donors (Lipinski definition) is 1. The zero-order chi connectivity index (χ0) is 19.7. The van der Waals surface area contributed by atoms with Crippen molar-refractivity contribution in [3.63, 3.8) is 0 Å². The van der Waals surface area contributed by atoms with Crippen molar-refractivity contribution in [3.8, 4) is 5.82 Å². The summed E-state index contributed by atoms with van der Waals surface area (Å²) in [4.78, 5) is 34.6. The number of sulfone groups is 1. The molecule has 4 rings (SSSR count). The molecule has 4 heterocycles. The van der Waals surface area contributed by atoms with Gasteiger partial charge in [-0.1, -0.05) is 6.07 Å². The molecule has 2 aliphatic rings. The van der Waals surface area contributed by atoms with Gasteiger partial charge in [0.05, 0.1) is 17.4 Å². The van der Waals surface area contributed by atoms with Crippen molar-refractivity contribution >= 4 is 21.7 Å². The van der Waals surface area contributed by atoms with E-state index < -0.39 is 15.8 Å². The minimum Gasteiger partial charge on any atom is -0.352 e. The van der Waals surface area contributed by atoms with Crippen molar-refractivity contribution in [1.29, 1.82) is 0 Å².